The molecule has 9 nitrogen and oxygen atoms in total. The third kappa shape index (κ3) is 7.03. The highest BCUT2D eigenvalue weighted by Gasteiger charge is 2.09. The number of amides is 2. The van der Waals surface area contributed by atoms with Crippen LogP contribution in [0, 0.1) is 0 Å². The van der Waals surface area contributed by atoms with Crippen LogP contribution >= 0.6 is 15.9 Å². The second kappa shape index (κ2) is 11.4. The van der Waals surface area contributed by atoms with Crippen LogP contribution in [0.2, 0.25) is 0 Å². The number of benzene rings is 1. The van der Waals surface area contributed by atoms with Gasteiger partial charge >= 0.3 is 5.97 Å². The number of esters is 1. The van der Waals surface area contributed by atoms with E-state index in [4.69, 9.17) is 9.15 Å². The molecule has 0 saturated carbocycles. The van der Waals surface area contributed by atoms with E-state index in [1.165, 1.54) is 36.9 Å². The number of carbonyl (C=O) groups is 3. The number of hydrogen-bond acceptors (Lipinski definition) is 7. The van der Waals surface area contributed by atoms with Crippen LogP contribution in [-0.4, -0.2) is 35.5 Å². The predicted octanol–water partition coefficient (Wildman–Crippen LogP) is 2.94. The second-order valence-corrected chi connectivity index (χ2v) is 7.06. The number of aromatic nitrogens is 1. The molecular formula is C22H17BrN4O5. The summed E-state index contributed by atoms with van der Waals surface area (Å²) in [7, 11) is 0. The molecule has 3 aromatic rings. The first-order valence-corrected chi connectivity index (χ1v) is 10.0. The van der Waals surface area contributed by atoms with Crippen molar-refractivity contribution in [2.75, 3.05) is 6.54 Å². The fourth-order valence-electron chi connectivity index (χ4n) is 2.35. The largest absolute Gasteiger partial charge is 0.465 e. The smallest absolute Gasteiger partial charge is 0.336 e. The van der Waals surface area contributed by atoms with E-state index in [1.807, 2.05) is 0 Å². The van der Waals surface area contributed by atoms with Gasteiger partial charge in [-0.1, -0.05) is 22.0 Å². The number of carbonyl (C=O) groups excluding carboxylic acids is 3. The normalized spacial score (nSPS) is 10.9. The minimum atomic E-state index is -0.611. The van der Waals surface area contributed by atoms with Crippen molar-refractivity contribution in [1.29, 1.82) is 0 Å². The lowest BCUT2D eigenvalue weighted by molar-refractivity contribution is -0.129. The highest BCUT2D eigenvalue weighted by atomic mass is 79.9. The van der Waals surface area contributed by atoms with Gasteiger partial charge in [0.25, 0.3) is 11.8 Å². The number of nitrogens with zero attached hydrogens (tertiary/aromatic N) is 2. The minimum Gasteiger partial charge on any atom is -0.465 e. The van der Waals surface area contributed by atoms with Gasteiger partial charge in [-0.2, -0.15) is 5.10 Å². The Balaban J connectivity index is 1.55. The van der Waals surface area contributed by atoms with Gasteiger partial charge in [-0.3, -0.25) is 14.6 Å². The topological polar surface area (TPSA) is 123 Å². The van der Waals surface area contributed by atoms with Gasteiger partial charge in [0, 0.05) is 22.3 Å². The number of hydrazone groups is 1. The van der Waals surface area contributed by atoms with Crippen LogP contribution in [0.3, 0.4) is 0 Å². The maximum atomic E-state index is 12.1. The van der Waals surface area contributed by atoms with E-state index in [0.717, 1.165) is 4.47 Å². The van der Waals surface area contributed by atoms with Gasteiger partial charge in [0.2, 0.25) is 0 Å². The Kier molecular flexibility index (Phi) is 8.04. The third-order valence-electron chi connectivity index (χ3n) is 3.81. The summed E-state index contributed by atoms with van der Waals surface area (Å²) >= 11 is 3.33. The first kappa shape index (κ1) is 22.6. The lowest BCUT2D eigenvalue weighted by atomic mass is 10.2. The molecule has 0 fully saturated rings. The maximum absolute atomic E-state index is 12.1. The van der Waals surface area contributed by atoms with Crippen molar-refractivity contribution in [3.8, 4) is 5.75 Å². The highest BCUT2D eigenvalue weighted by molar-refractivity contribution is 9.10. The number of ether oxygens (including phenoxy) is 1. The molecule has 0 atom stereocenters. The van der Waals surface area contributed by atoms with Crippen molar-refractivity contribution in [2.45, 2.75) is 0 Å². The number of furan rings is 1. The molecule has 1 aromatic carbocycles. The van der Waals surface area contributed by atoms with Crippen LogP contribution in [0.25, 0.3) is 6.08 Å². The average Bonchev–Trinajstić information content (AvgIpc) is 3.32. The molecule has 2 amide bonds. The van der Waals surface area contributed by atoms with Crippen molar-refractivity contribution >= 4 is 46.0 Å². The summed E-state index contributed by atoms with van der Waals surface area (Å²) in [5.41, 5.74) is 2.94. The molecule has 0 aliphatic rings. The monoisotopic (exact) mass is 496 g/mol. The van der Waals surface area contributed by atoms with Crippen molar-refractivity contribution in [3.63, 3.8) is 0 Å². The summed E-state index contributed by atoms with van der Waals surface area (Å²) in [6, 6.07) is 13.2. The molecule has 0 aliphatic heterocycles. The summed E-state index contributed by atoms with van der Waals surface area (Å²) in [6.45, 7) is -0.287. The van der Waals surface area contributed by atoms with Gasteiger partial charge in [-0.15, -0.1) is 0 Å². The van der Waals surface area contributed by atoms with Crippen LogP contribution in [0.4, 0.5) is 0 Å². The van der Waals surface area contributed by atoms with E-state index in [9.17, 15) is 14.4 Å². The molecule has 2 heterocycles. The van der Waals surface area contributed by atoms with Crippen molar-refractivity contribution in [3.05, 3.63) is 88.6 Å². The van der Waals surface area contributed by atoms with Crippen LogP contribution in [0.5, 0.6) is 5.75 Å². The number of rotatable bonds is 8. The second-order valence-electron chi connectivity index (χ2n) is 6.14. The van der Waals surface area contributed by atoms with E-state index < -0.39 is 17.8 Å². The summed E-state index contributed by atoms with van der Waals surface area (Å²) in [4.78, 5) is 39.8. The SMILES string of the molecule is O=C(CNC(=O)c1ccccn1)N/N=C/c1cc(Br)ccc1OC(=O)/C=C/c1ccco1. The Bertz CT molecular complexity index is 1140. The maximum Gasteiger partial charge on any atom is 0.336 e. The lowest BCUT2D eigenvalue weighted by Gasteiger charge is -2.06. The number of nitrogens with one attached hydrogen (secondary N) is 2. The quantitative estimate of drug-likeness (QED) is 0.162. The fourth-order valence-corrected chi connectivity index (χ4v) is 2.73. The van der Waals surface area contributed by atoms with Crippen LogP contribution in [0.15, 0.2) is 81.1 Å². The molecule has 162 valence electrons. The molecule has 2 aromatic heterocycles. The van der Waals surface area contributed by atoms with Crippen molar-refractivity contribution in [2.24, 2.45) is 5.10 Å². The Morgan fingerprint density at radius 1 is 1.16 bits per heavy atom. The fraction of sp³-hybridized carbons (Fsp3) is 0.0455. The van der Waals surface area contributed by atoms with E-state index in [0.29, 0.717) is 11.3 Å². The zero-order valence-corrected chi connectivity index (χ0v) is 18.1. The standard InChI is InChI=1S/C22H17BrN4O5/c23-16-6-8-19(32-21(29)9-7-17-4-3-11-31-17)15(12-16)13-26-27-20(28)14-25-22(30)18-5-1-2-10-24-18/h1-13H,14H2,(H,25,30)(H,27,28)/b9-7+,26-13+. The zero-order chi connectivity index (χ0) is 22.8. The van der Waals surface area contributed by atoms with E-state index in [2.05, 4.69) is 36.8 Å². The predicted molar refractivity (Wildman–Crippen MR) is 120 cm³/mol. The van der Waals surface area contributed by atoms with Crippen LogP contribution in [-0.2, 0) is 9.59 Å². The summed E-state index contributed by atoms with van der Waals surface area (Å²) < 4.78 is 11.2. The highest BCUT2D eigenvalue weighted by Crippen LogP contribution is 2.22. The summed E-state index contributed by atoms with van der Waals surface area (Å²) in [5, 5.41) is 6.29. The van der Waals surface area contributed by atoms with E-state index >= 15 is 0 Å². The molecule has 3 rings (SSSR count). The Hall–Kier alpha value is -4.05. The molecule has 2 N–H and O–H groups in total. The average molecular weight is 497 g/mol. The van der Waals surface area contributed by atoms with Crippen molar-refractivity contribution < 1.29 is 23.5 Å². The van der Waals surface area contributed by atoms with Gasteiger partial charge < -0.3 is 14.5 Å². The lowest BCUT2D eigenvalue weighted by Crippen LogP contribution is -2.35. The van der Waals surface area contributed by atoms with Gasteiger partial charge in [0.05, 0.1) is 19.0 Å². The van der Waals surface area contributed by atoms with Gasteiger partial charge in [0.1, 0.15) is 17.2 Å². The number of hydrogen-bond donors (Lipinski definition) is 2. The van der Waals surface area contributed by atoms with Gasteiger partial charge in [0.15, 0.2) is 0 Å². The minimum absolute atomic E-state index is 0.200. The van der Waals surface area contributed by atoms with Gasteiger partial charge in [-0.25, -0.2) is 10.2 Å². The zero-order valence-electron chi connectivity index (χ0n) is 16.5. The summed E-state index contributed by atoms with van der Waals surface area (Å²) in [5.74, 6) is -0.880. The molecule has 32 heavy (non-hydrogen) atoms. The molecule has 0 unspecified atom stereocenters. The molecule has 10 heteroatoms. The Morgan fingerprint density at radius 2 is 2.03 bits per heavy atom. The van der Waals surface area contributed by atoms with Crippen molar-refractivity contribution in [1.82, 2.24) is 15.7 Å². The number of pyridine rings is 1. The number of halogens is 1. The molecular weight excluding hydrogens is 480 g/mol. The van der Waals surface area contributed by atoms with Crippen LogP contribution < -0.4 is 15.5 Å². The molecule has 0 bridgehead atoms. The molecule has 0 aliphatic carbocycles. The first-order chi connectivity index (χ1) is 15.5. The summed E-state index contributed by atoms with van der Waals surface area (Å²) in [6.07, 6.45) is 7.01. The molecule has 0 radical (unpaired) electrons. The Morgan fingerprint density at radius 3 is 2.78 bits per heavy atom. The first-order valence-electron chi connectivity index (χ1n) is 9.25. The van der Waals surface area contributed by atoms with Gasteiger partial charge in [-0.05, 0) is 48.5 Å². The van der Waals surface area contributed by atoms with E-state index in [-0.39, 0.29) is 18.0 Å². The third-order valence-corrected chi connectivity index (χ3v) is 4.30. The molecule has 0 saturated heterocycles. The molecule has 0 spiro atoms. The van der Waals surface area contributed by atoms with Crippen LogP contribution in [0.1, 0.15) is 21.8 Å². The van der Waals surface area contributed by atoms with E-state index in [1.54, 1.807) is 42.5 Å². The Labute approximate surface area is 191 Å².